The van der Waals surface area contributed by atoms with E-state index in [1.54, 1.807) is 7.11 Å². The minimum atomic E-state index is -0.194. The molecule has 0 radical (unpaired) electrons. The molecule has 0 aliphatic rings. The van der Waals surface area contributed by atoms with Crippen LogP contribution >= 0.6 is 46.6 Å². The minimum Gasteiger partial charge on any atom is -0.497 e. The summed E-state index contributed by atoms with van der Waals surface area (Å²) in [6.07, 6.45) is 0. The van der Waals surface area contributed by atoms with E-state index in [9.17, 15) is 4.79 Å². The van der Waals surface area contributed by atoms with Crippen LogP contribution in [-0.4, -0.2) is 31.1 Å². The van der Waals surface area contributed by atoms with Crippen molar-refractivity contribution in [1.82, 2.24) is 0 Å². The minimum absolute atomic E-state index is 0.194. The predicted octanol–water partition coefficient (Wildman–Crippen LogP) is 5.41. The van der Waals surface area contributed by atoms with Crippen molar-refractivity contribution in [3.63, 3.8) is 0 Å². The number of benzene rings is 2. The first-order valence-electron chi connectivity index (χ1n) is 7.28. The Labute approximate surface area is 165 Å². The molecule has 25 heavy (non-hydrogen) atoms. The summed E-state index contributed by atoms with van der Waals surface area (Å²) in [6, 6.07) is 10.4. The SMILES string of the molecule is COc1ccc(OCCSCC(=O)Nc2c(Cl)cc(Cl)cc2Cl)cc1. The summed E-state index contributed by atoms with van der Waals surface area (Å²) in [6.45, 7) is 0.493. The van der Waals surface area contributed by atoms with E-state index in [2.05, 4.69) is 5.32 Å². The first-order valence-corrected chi connectivity index (χ1v) is 9.57. The number of rotatable bonds is 8. The fourth-order valence-electron chi connectivity index (χ4n) is 1.89. The van der Waals surface area contributed by atoms with Crippen LogP contribution in [0.15, 0.2) is 36.4 Å². The molecule has 1 amide bonds. The molecule has 0 atom stereocenters. The lowest BCUT2D eigenvalue weighted by Gasteiger charge is -2.10. The summed E-state index contributed by atoms with van der Waals surface area (Å²) < 4.78 is 10.7. The largest absolute Gasteiger partial charge is 0.497 e. The number of carbonyl (C=O) groups is 1. The van der Waals surface area contributed by atoms with Gasteiger partial charge in [0.25, 0.3) is 0 Å². The van der Waals surface area contributed by atoms with Gasteiger partial charge in [0.2, 0.25) is 5.91 Å². The Bertz CT molecular complexity index is 703. The molecule has 0 aliphatic heterocycles. The van der Waals surface area contributed by atoms with Crippen molar-refractivity contribution in [2.24, 2.45) is 0 Å². The van der Waals surface area contributed by atoms with E-state index in [1.165, 1.54) is 23.9 Å². The zero-order chi connectivity index (χ0) is 18.2. The highest BCUT2D eigenvalue weighted by Gasteiger charge is 2.11. The van der Waals surface area contributed by atoms with Crippen molar-refractivity contribution in [1.29, 1.82) is 0 Å². The monoisotopic (exact) mass is 419 g/mol. The molecule has 8 heteroatoms. The standard InChI is InChI=1S/C17H16Cl3NO3S/c1-23-12-2-4-13(5-3-12)24-6-7-25-10-16(22)21-17-14(19)8-11(18)9-15(17)20/h2-5,8-9H,6-7,10H2,1H3,(H,21,22). The van der Waals surface area contributed by atoms with Crippen LogP contribution in [0.25, 0.3) is 0 Å². The summed E-state index contributed by atoms with van der Waals surface area (Å²) in [5.41, 5.74) is 0.368. The van der Waals surface area contributed by atoms with Crippen LogP contribution in [0.4, 0.5) is 5.69 Å². The van der Waals surface area contributed by atoms with Crippen molar-refractivity contribution < 1.29 is 14.3 Å². The second-order valence-electron chi connectivity index (χ2n) is 4.87. The van der Waals surface area contributed by atoms with Crippen LogP contribution in [0.3, 0.4) is 0 Å². The quantitative estimate of drug-likeness (QED) is 0.580. The fraction of sp³-hybridized carbons (Fsp3) is 0.235. The van der Waals surface area contributed by atoms with Gasteiger partial charge in [-0.05, 0) is 36.4 Å². The lowest BCUT2D eigenvalue weighted by Crippen LogP contribution is -2.15. The van der Waals surface area contributed by atoms with Gasteiger partial charge in [-0.15, -0.1) is 11.8 Å². The summed E-state index contributed by atoms with van der Waals surface area (Å²) in [7, 11) is 1.61. The smallest absolute Gasteiger partial charge is 0.234 e. The van der Waals surface area contributed by atoms with Gasteiger partial charge in [0.15, 0.2) is 0 Å². The number of amides is 1. The topological polar surface area (TPSA) is 47.6 Å². The Kier molecular flexibility index (Phi) is 8.03. The first kappa shape index (κ1) is 20.0. The number of ether oxygens (including phenoxy) is 2. The van der Waals surface area contributed by atoms with Crippen LogP contribution in [0.1, 0.15) is 0 Å². The van der Waals surface area contributed by atoms with Crippen LogP contribution in [-0.2, 0) is 4.79 Å². The molecule has 2 rings (SSSR count). The highest BCUT2D eigenvalue weighted by molar-refractivity contribution is 7.99. The molecule has 0 aliphatic carbocycles. The molecule has 4 nitrogen and oxygen atoms in total. The third-order valence-corrected chi connectivity index (χ3v) is 4.80. The van der Waals surface area contributed by atoms with Crippen molar-refractivity contribution in [2.45, 2.75) is 0 Å². The number of halogens is 3. The Balaban J connectivity index is 1.70. The summed E-state index contributed by atoms with van der Waals surface area (Å²) in [5, 5.41) is 3.71. The van der Waals surface area contributed by atoms with E-state index < -0.39 is 0 Å². The third-order valence-electron chi connectivity index (χ3n) is 3.06. The Hall–Kier alpha value is -1.27. The molecule has 2 aromatic carbocycles. The van der Waals surface area contributed by atoms with Gasteiger partial charge in [-0.3, -0.25) is 4.79 Å². The van der Waals surface area contributed by atoms with Gasteiger partial charge in [0, 0.05) is 10.8 Å². The van der Waals surface area contributed by atoms with Gasteiger partial charge < -0.3 is 14.8 Å². The average molecular weight is 421 g/mol. The van der Waals surface area contributed by atoms with E-state index in [0.717, 1.165) is 11.5 Å². The molecule has 0 bridgehead atoms. The maximum atomic E-state index is 12.0. The third kappa shape index (κ3) is 6.51. The first-order chi connectivity index (χ1) is 12.0. The average Bonchev–Trinajstić information content (AvgIpc) is 2.58. The normalized spacial score (nSPS) is 10.4. The van der Waals surface area contributed by atoms with Gasteiger partial charge in [-0.1, -0.05) is 34.8 Å². The van der Waals surface area contributed by atoms with Gasteiger partial charge in [0.1, 0.15) is 11.5 Å². The maximum absolute atomic E-state index is 12.0. The Morgan fingerprint density at radius 2 is 1.68 bits per heavy atom. The van der Waals surface area contributed by atoms with Crippen molar-refractivity contribution in [3.05, 3.63) is 51.5 Å². The molecule has 0 saturated heterocycles. The molecule has 0 aromatic heterocycles. The number of anilines is 1. The van der Waals surface area contributed by atoms with Gasteiger partial charge in [-0.25, -0.2) is 0 Å². The van der Waals surface area contributed by atoms with Crippen molar-refractivity contribution >= 4 is 58.2 Å². The summed E-state index contributed by atoms with van der Waals surface area (Å²) in [4.78, 5) is 12.0. The van der Waals surface area contributed by atoms with Gasteiger partial charge >= 0.3 is 0 Å². The molecule has 2 aromatic rings. The highest BCUT2D eigenvalue weighted by atomic mass is 35.5. The number of methoxy groups -OCH3 is 1. The molecule has 0 fully saturated rings. The van der Waals surface area contributed by atoms with Crippen molar-refractivity contribution in [2.75, 3.05) is 30.5 Å². The maximum Gasteiger partial charge on any atom is 0.234 e. The molecule has 134 valence electrons. The molecule has 0 heterocycles. The summed E-state index contributed by atoms with van der Waals surface area (Å²) in [5.74, 6) is 2.27. The summed E-state index contributed by atoms with van der Waals surface area (Å²) >= 11 is 19.4. The van der Waals surface area contributed by atoms with E-state index in [1.807, 2.05) is 24.3 Å². The van der Waals surface area contributed by atoms with E-state index >= 15 is 0 Å². The molecular formula is C17H16Cl3NO3S. The van der Waals surface area contributed by atoms with E-state index in [4.69, 9.17) is 44.3 Å². The number of hydrogen-bond donors (Lipinski definition) is 1. The zero-order valence-corrected chi connectivity index (χ0v) is 16.4. The number of thioether (sulfide) groups is 1. The zero-order valence-electron chi connectivity index (χ0n) is 13.4. The van der Waals surface area contributed by atoms with E-state index in [-0.39, 0.29) is 11.7 Å². The molecule has 0 saturated carbocycles. The lowest BCUT2D eigenvalue weighted by atomic mass is 10.3. The highest BCUT2D eigenvalue weighted by Crippen LogP contribution is 2.33. The van der Waals surface area contributed by atoms with Crippen molar-refractivity contribution in [3.8, 4) is 11.5 Å². The number of nitrogens with one attached hydrogen (secondary N) is 1. The second-order valence-corrected chi connectivity index (χ2v) is 7.23. The predicted molar refractivity (Wildman–Crippen MR) is 106 cm³/mol. The number of carbonyl (C=O) groups excluding carboxylic acids is 1. The Morgan fingerprint density at radius 1 is 1.08 bits per heavy atom. The van der Waals surface area contributed by atoms with Crippen LogP contribution in [0.2, 0.25) is 15.1 Å². The van der Waals surface area contributed by atoms with Gasteiger partial charge in [0.05, 0.1) is 35.2 Å². The number of hydrogen-bond acceptors (Lipinski definition) is 4. The lowest BCUT2D eigenvalue weighted by molar-refractivity contribution is -0.113. The molecular weight excluding hydrogens is 405 g/mol. The second kappa shape index (κ2) is 10.0. The molecule has 0 spiro atoms. The van der Waals surface area contributed by atoms with Crippen LogP contribution in [0, 0.1) is 0 Å². The van der Waals surface area contributed by atoms with E-state index in [0.29, 0.717) is 33.1 Å². The molecule has 1 N–H and O–H groups in total. The van der Waals surface area contributed by atoms with Gasteiger partial charge in [-0.2, -0.15) is 0 Å². The van der Waals surface area contributed by atoms with Crippen LogP contribution < -0.4 is 14.8 Å². The molecule has 0 unspecified atom stereocenters. The van der Waals surface area contributed by atoms with Crippen LogP contribution in [0.5, 0.6) is 11.5 Å². The Morgan fingerprint density at radius 3 is 2.28 bits per heavy atom. The fourth-order valence-corrected chi connectivity index (χ4v) is 3.41.